The number of nitrogens with one attached hydrogen (secondary N) is 1. The van der Waals surface area contributed by atoms with Crippen LogP contribution in [-0.4, -0.2) is 46.0 Å². The van der Waals surface area contributed by atoms with Gasteiger partial charge in [0.1, 0.15) is 5.75 Å². The Labute approximate surface area is 203 Å². The molecule has 178 valence electrons. The predicted molar refractivity (Wildman–Crippen MR) is 132 cm³/mol. The second-order valence-corrected chi connectivity index (χ2v) is 9.22. The fraction of sp³-hybridized carbons (Fsp3) is 0.360. The molecule has 2 amide bonds. The SMILES string of the molecule is COc1ccc(CC(=O)NC(C)c2nnc(SCC(=O)N3CCCc4ccccc43)n2C)cc1. The summed E-state index contributed by atoms with van der Waals surface area (Å²) in [5, 5.41) is 12.1. The van der Waals surface area contributed by atoms with E-state index in [1.165, 1.54) is 17.3 Å². The Hall–Kier alpha value is -3.33. The zero-order valence-electron chi connectivity index (χ0n) is 19.7. The average molecular weight is 480 g/mol. The molecule has 3 aromatic rings. The minimum absolute atomic E-state index is 0.0579. The minimum atomic E-state index is -0.317. The highest BCUT2D eigenvalue weighted by molar-refractivity contribution is 7.99. The van der Waals surface area contributed by atoms with Crippen molar-refractivity contribution in [1.29, 1.82) is 0 Å². The van der Waals surface area contributed by atoms with Crippen LogP contribution >= 0.6 is 11.8 Å². The lowest BCUT2D eigenvalue weighted by atomic mass is 10.0. The quantitative estimate of drug-likeness (QED) is 0.499. The molecule has 1 aliphatic heterocycles. The Morgan fingerprint density at radius 3 is 2.68 bits per heavy atom. The van der Waals surface area contributed by atoms with Crippen molar-refractivity contribution in [3.05, 3.63) is 65.5 Å². The number of carbonyl (C=O) groups is 2. The van der Waals surface area contributed by atoms with E-state index in [9.17, 15) is 9.59 Å². The van der Waals surface area contributed by atoms with Gasteiger partial charge in [-0.15, -0.1) is 10.2 Å². The molecule has 0 fully saturated rings. The summed E-state index contributed by atoms with van der Waals surface area (Å²) >= 11 is 1.36. The zero-order chi connectivity index (χ0) is 24.1. The Kier molecular flexibility index (Phi) is 7.52. The smallest absolute Gasteiger partial charge is 0.237 e. The topological polar surface area (TPSA) is 89.3 Å². The number of nitrogens with zero attached hydrogens (tertiary/aromatic N) is 4. The van der Waals surface area contributed by atoms with E-state index in [0.29, 0.717) is 11.0 Å². The Morgan fingerprint density at radius 1 is 1.15 bits per heavy atom. The van der Waals surface area contributed by atoms with E-state index in [0.717, 1.165) is 36.4 Å². The third-order valence-electron chi connectivity index (χ3n) is 5.89. The summed E-state index contributed by atoms with van der Waals surface area (Å²) < 4.78 is 6.99. The zero-order valence-corrected chi connectivity index (χ0v) is 20.5. The molecule has 0 spiro atoms. The van der Waals surface area contributed by atoms with Crippen LogP contribution in [-0.2, 0) is 29.5 Å². The fourth-order valence-electron chi connectivity index (χ4n) is 4.11. The van der Waals surface area contributed by atoms with Crippen LogP contribution in [0.25, 0.3) is 0 Å². The standard InChI is InChI=1S/C25H29N5O3S/c1-17(26-22(31)15-18-10-12-20(33-3)13-11-18)24-27-28-25(29(24)2)34-16-23(32)30-14-6-8-19-7-4-5-9-21(19)30/h4-5,7,9-13,17H,6,8,14-16H2,1-3H3,(H,26,31). The van der Waals surface area contributed by atoms with Crippen LogP contribution in [0.15, 0.2) is 53.7 Å². The molecule has 2 aromatic carbocycles. The van der Waals surface area contributed by atoms with Gasteiger partial charge in [-0.25, -0.2) is 0 Å². The molecule has 4 rings (SSSR count). The van der Waals surface area contributed by atoms with Crippen LogP contribution in [0.5, 0.6) is 5.75 Å². The second kappa shape index (κ2) is 10.7. The van der Waals surface area contributed by atoms with Gasteiger partial charge in [0, 0.05) is 19.3 Å². The summed E-state index contributed by atoms with van der Waals surface area (Å²) in [5.74, 6) is 1.63. The van der Waals surface area contributed by atoms with Gasteiger partial charge in [0.05, 0.1) is 25.3 Å². The molecule has 1 N–H and O–H groups in total. The number of fused-ring (bicyclic) bond motifs is 1. The van der Waals surface area contributed by atoms with Crippen molar-refractivity contribution in [1.82, 2.24) is 20.1 Å². The first kappa shape index (κ1) is 23.8. The van der Waals surface area contributed by atoms with Gasteiger partial charge in [-0.2, -0.15) is 0 Å². The average Bonchev–Trinajstić information content (AvgIpc) is 3.22. The highest BCUT2D eigenvalue weighted by Crippen LogP contribution is 2.28. The lowest BCUT2D eigenvalue weighted by Gasteiger charge is -2.29. The normalized spacial score (nSPS) is 13.8. The summed E-state index contributed by atoms with van der Waals surface area (Å²) in [4.78, 5) is 27.3. The number of thioether (sulfide) groups is 1. The summed E-state index contributed by atoms with van der Waals surface area (Å²) in [6.07, 6.45) is 2.23. The molecule has 9 heteroatoms. The Balaban J connectivity index is 1.33. The van der Waals surface area contributed by atoms with Crippen molar-refractivity contribution in [3.8, 4) is 5.75 Å². The monoisotopic (exact) mass is 479 g/mol. The van der Waals surface area contributed by atoms with E-state index in [1.807, 2.05) is 65.9 Å². The minimum Gasteiger partial charge on any atom is -0.497 e. The molecule has 0 saturated carbocycles. The molecule has 1 aliphatic rings. The van der Waals surface area contributed by atoms with Crippen molar-refractivity contribution >= 4 is 29.3 Å². The van der Waals surface area contributed by atoms with E-state index < -0.39 is 0 Å². The van der Waals surface area contributed by atoms with Gasteiger partial charge in [0.25, 0.3) is 0 Å². The summed E-state index contributed by atoms with van der Waals surface area (Å²) in [5.41, 5.74) is 3.12. The molecular weight excluding hydrogens is 450 g/mol. The summed E-state index contributed by atoms with van der Waals surface area (Å²) in [6, 6.07) is 15.2. The second-order valence-electron chi connectivity index (χ2n) is 8.28. The molecule has 1 unspecified atom stereocenters. The number of aromatic nitrogens is 3. The van der Waals surface area contributed by atoms with Crippen molar-refractivity contribution in [2.24, 2.45) is 7.05 Å². The number of rotatable bonds is 8. The maximum atomic E-state index is 12.9. The number of amides is 2. The van der Waals surface area contributed by atoms with Crippen molar-refractivity contribution < 1.29 is 14.3 Å². The maximum Gasteiger partial charge on any atom is 0.237 e. The third-order valence-corrected chi connectivity index (χ3v) is 6.90. The Morgan fingerprint density at radius 2 is 1.91 bits per heavy atom. The Bertz CT molecular complexity index is 1160. The number of aryl methyl sites for hydroxylation is 1. The number of anilines is 1. The van der Waals surface area contributed by atoms with Gasteiger partial charge in [-0.05, 0) is 49.1 Å². The van der Waals surface area contributed by atoms with Gasteiger partial charge in [0.2, 0.25) is 11.8 Å². The molecular formula is C25H29N5O3S. The van der Waals surface area contributed by atoms with Crippen LogP contribution in [0.4, 0.5) is 5.69 Å². The summed E-state index contributed by atoms with van der Waals surface area (Å²) in [6.45, 7) is 2.61. The fourth-order valence-corrected chi connectivity index (χ4v) is 4.91. The highest BCUT2D eigenvalue weighted by Gasteiger charge is 2.23. The van der Waals surface area contributed by atoms with Crippen molar-refractivity contribution in [2.45, 2.75) is 37.4 Å². The van der Waals surface area contributed by atoms with Crippen LogP contribution < -0.4 is 15.0 Å². The first-order chi connectivity index (χ1) is 16.5. The lowest BCUT2D eigenvalue weighted by Crippen LogP contribution is -2.36. The number of para-hydroxylation sites is 1. The van der Waals surface area contributed by atoms with Crippen LogP contribution in [0.3, 0.4) is 0 Å². The molecule has 1 aromatic heterocycles. The van der Waals surface area contributed by atoms with E-state index >= 15 is 0 Å². The molecule has 2 heterocycles. The molecule has 1 atom stereocenters. The lowest BCUT2D eigenvalue weighted by molar-refractivity contribution is -0.121. The van der Waals surface area contributed by atoms with E-state index in [-0.39, 0.29) is 30.0 Å². The number of hydrogen-bond donors (Lipinski definition) is 1. The van der Waals surface area contributed by atoms with Gasteiger partial charge in [0.15, 0.2) is 11.0 Å². The predicted octanol–water partition coefficient (Wildman–Crippen LogP) is 3.32. The number of benzene rings is 2. The number of hydrogen-bond acceptors (Lipinski definition) is 6. The van der Waals surface area contributed by atoms with Gasteiger partial charge >= 0.3 is 0 Å². The highest BCUT2D eigenvalue weighted by atomic mass is 32.2. The first-order valence-electron chi connectivity index (χ1n) is 11.3. The largest absolute Gasteiger partial charge is 0.497 e. The number of carbonyl (C=O) groups excluding carboxylic acids is 2. The van der Waals surface area contributed by atoms with Crippen molar-refractivity contribution in [3.63, 3.8) is 0 Å². The molecule has 0 aliphatic carbocycles. The number of methoxy groups -OCH3 is 1. The van der Waals surface area contributed by atoms with Crippen LogP contribution in [0, 0.1) is 0 Å². The molecule has 0 bridgehead atoms. The van der Waals surface area contributed by atoms with Crippen LogP contribution in [0.2, 0.25) is 0 Å². The van der Waals surface area contributed by atoms with E-state index in [4.69, 9.17) is 4.74 Å². The van der Waals surface area contributed by atoms with E-state index in [2.05, 4.69) is 21.6 Å². The van der Waals surface area contributed by atoms with Gasteiger partial charge < -0.3 is 19.5 Å². The van der Waals surface area contributed by atoms with Gasteiger partial charge in [-0.3, -0.25) is 9.59 Å². The molecule has 8 nitrogen and oxygen atoms in total. The van der Waals surface area contributed by atoms with Crippen molar-refractivity contribution in [2.75, 3.05) is 24.3 Å². The first-order valence-corrected chi connectivity index (χ1v) is 12.3. The maximum absolute atomic E-state index is 12.9. The van der Waals surface area contributed by atoms with Crippen LogP contribution in [0.1, 0.15) is 36.3 Å². The molecule has 0 radical (unpaired) electrons. The summed E-state index contributed by atoms with van der Waals surface area (Å²) in [7, 11) is 3.46. The number of ether oxygens (including phenoxy) is 1. The van der Waals surface area contributed by atoms with Gasteiger partial charge in [-0.1, -0.05) is 42.1 Å². The molecule has 34 heavy (non-hydrogen) atoms. The molecule has 0 saturated heterocycles. The van der Waals surface area contributed by atoms with E-state index in [1.54, 1.807) is 7.11 Å². The third kappa shape index (κ3) is 5.41.